The fourth-order valence-corrected chi connectivity index (χ4v) is 3.51. The molecule has 1 aliphatic rings. The van der Waals surface area contributed by atoms with Crippen molar-refractivity contribution in [1.82, 2.24) is 15.2 Å². The van der Waals surface area contributed by atoms with Crippen LogP contribution in [0.5, 0.6) is 0 Å². The number of aliphatic imine (C=N–C) groups is 1. The van der Waals surface area contributed by atoms with Gasteiger partial charge in [-0.05, 0) is 31.2 Å². The van der Waals surface area contributed by atoms with Gasteiger partial charge in [0.1, 0.15) is 10.8 Å². The van der Waals surface area contributed by atoms with E-state index in [1.807, 2.05) is 26.1 Å². The molecule has 1 aromatic carbocycles. The van der Waals surface area contributed by atoms with Gasteiger partial charge in [0.15, 0.2) is 5.96 Å². The van der Waals surface area contributed by atoms with E-state index in [1.54, 1.807) is 11.3 Å². The topological polar surface area (TPSA) is 43.8 Å². The van der Waals surface area contributed by atoms with Crippen LogP contribution in [0.1, 0.15) is 10.7 Å². The van der Waals surface area contributed by atoms with Crippen molar-refractivity contribution in [3.8, 4) is 0 Å². The first-order valence-electron chi connectivity index (χ1n) is 8.03. The van der Waals surface area contributed by atoms with Crippen molar-refractivity contribution in [3.05, 3.63) is 46.2 Å². The number of thiazole rings is 1. The molecule has 0 unspecified atom stereocenters. The summed E-state index contributed by atoms with van der Waals surface area (Å²) in [6.07, 6.45) is 0. The lowest BCUT2D eigenvalue weighted by atomic mass is 10.2. The summed E-state index contributed by atoms with van der Waals surface area (Å²) in [6, 6.07) is 6.70. The number of halogens is 1. The standard InChI is InChI=1S/C17H22FN5S/c1-13-12-24-16(21-13)11-20-17(19-2)23-9-7-22(8-10-23)15-5-3-14(18)4-6-15/h3-6,12H,7-11H2,1-2H3,(H,19,20). The van der Waals surface area contributed by atoms with Gasteiger partial charge >= 0.3 is 0 Å². The molecule has 7 heteroatoms. The molecule has 0 radical (unpaired) electrons. The van der Waals surface area contributed by atoms with Gasteiger partial charge in [-0.15, -0.1) is 11.3 Å². The summed E-state index contributed by atoms with van der Waals surface area (Å²) in [7, 11) is 1.81. The van der Waals surface area contributed by atoms with Gasteiger partial charge in [-0.2, -0.15) is 0 Å². The lowest BCUT2D eigenvalue weighted by Gasteiger charge is -2.37. The Morgan fingerprint density at radius 1 is 1.25 bits per heavy atom. The quantitative estimate of drug-likeness (QED) is 0.684. The van der Waals surface area contributed by atoms with Gasteiger partial charge in [0.25, 0.3) is 0 Å². The summed E-state index contributed by atoms with van der Waals surface area (Å²) in [5, 5.41) is 6.51. The van der Waals surface area contributed by atoms with Crippen LogP contribution in [0.3, 0.4) is 0 Å². The molecule has 0 bridgehead atoms. The van der Waals surface area contributed by atoms with Gasteiger partial charge in [-0.1, -0.05) is 0 Å². The van der Waals surface area contributed by atoms with Crippen LogP contribution in [0.4, 0.5) is 10.1 Å². The van der Waals surface area contributed by atoms with Crippen LogP contribution in [0.2, 0.25) is 0 Å². The minimum atomic E-state index is -0.195. The van der Waals surface area contributed by atoms with Crippen LogP contribution in [-0.4, -0.2) is 49.1 Å². The van der Waals surface area contributed by atoms with Gasteiger partial charge < -0.3 is 15.1 Å². The number of guanidine groups is 1. The second-order valence-corrected chi connectivity index (χ2v) is 6.68. The maximum atomic E-state index is 13.0. The summed E-state index contributed by atoms with van der Waals surface area (Å²) in [4.78, 5) is 13.4. The molecule has 2 aromatic rings. The number of rotatable bonds is 3. The Bertz CT molecular complexity index is 689. The highest BCUT2D eigenvalue weighted by molar-refractivity contribution is 7.09. The van der Waals surface area contributed by atoms with E-state index >= 15 is 0 Å². The minimum Gasteiger partial charge on any atom is -0.368 e. The maximum absolute atomic E-state index is 13.0. The average Bonchev–Trinajstić information content (AvgIpc) is 3.02. The summed E-state index contributed by atoms with van der Waals surface area (Å²) in [6.45, 7) is 6.25. The van der Waals surface area contributed by atoms with Crippen molar-refractivity contribution in [2.75, 3.05) is 38.1 Å². The molecular weight excluding hydrogens is 325 g/mol. The van der Waals surface area contributed by atoms with Crippen LogP contribution in [0, 0.1) is 12.7 Å². The van der Waals surface area contributed by atoms with Crippen molar-refractivity contribution in [1.29, 1.82) is 0 Å². The first kappa shape index (κ1) is 16.7. The highest BCUT2D eigenvalue weighted by Gasteiger charge is 2.20. The number of aryl methyl sites for hydroxylation is 1. The smallest absolute Gasteiger partial charge is 0.194 e. The SMILES string of the molecule is CN=C(NCc1nc(C)cs1)N1CCN(c2ccc(F)cc2)CC1. The molecule has 0 atom stereocenters. The second-order valence-electron chi connectivity index (χ2n) is 5.73. The highest BCUT2D eigenvalue weighted by atomic mass is 32.1. The van der Waals surface area contributed by atoms with Crippen LogP contribution < -0.4 is 10.2 Å². The van der Waals surface area contributed by atoms with Crippen molar-refractivity contribution < 1.29 is 4.39 Å². The summed E-state index contributed by atoms with van der Waals surface area (Å²) in [5.74, 6) is 0.709. The third-order valence-corrected chi connectivity index (χ3v) is 5.01. The fourth-order valence-electron chi connectivity index (χ4n) is 2.80. The number of hydrogen-bond acceptors (Lipinski definition) is 4. The Balaban J connectivity index is 1.53. The second kappa shape index (κ2) is 7.61. The zero-order valence-electron chi connectivity index (χ0n) is 14.0. The third-order valence-electron chi connectivity index (χ3n) is 4.05. The van der Waals surface area contributed by atoms with Crippen molar-refractivity contribution in [2.24, 2.45) is 4.99 Å². The summed E-state index contributed by atoms with van der Waals surface area (Å²) >= 11 is 1.66. The van der Waals surface area contributed by atoms with E-state index in [1.165, 1.54) is 12.1 Å². The molecule has 1 saturated heterocycles. The van der Waals surface area contributed by atoms with Crippen molar-refractivity contribution >= 4 is 23.0 Å². The predicted octanol–water partition coefficient (Wildman–Crippen LogP) is 2.49. The Morgan fingerprint density at radius 3 is 2.54 bits per heavy atom. The Labute approximate surface area is 145 Å². The normalized spacial score (nSPS) is 15.7. The van der Waals surface area contributed by atoms with Crippen LogP contribution >= 0.6 is 11.3 Å². The number of hydrogen-bond donors (Lipinski definition) is 1. The minimum absolute atomic E-state index is 0.195. The number of nitrogens with zero attached hydrogens (tertiary/aromatic N) is 4. The van der Waals surface area contributed by atoms with Crippen molar-refractivity contribution in [3.63, 3.8) is 0 Å². The Morgan fingerprint density at radius 2 is 1.96 bits per heavy atom. The van der Waals surface area contributed by atoms with Gasteiger partial charge in [0, 0.05) is 50.0 Å². The number of piperazine rings is 1. The van der Waals surface area contributed by atoms with E-state index in [2.05, 4.69) is 30.5 Å². The molecule has 3 rings (SSSR count). The largest absolute Gasteiger partial charge is 0.368 e. The van der Waals surface area contributed by atoms with E-state index in [0.29, 0.717) is 6.54 Å². The van der Waals surface area contributed by atoms with E-state index < -0.39 is 0 Å². The molecule has 1 aromatic heterocycles. The van der Waals surface area contributed by atoms with Gasteiger partial charge in [0.05, 0.1) is 6.54 Å². The molecule has 0 spiro atoms. The molecule has 1 fully saturated rings. The van der Waals surface area contributed by atoms with Crippen LogP contribution in [-0.2, 0) is 6.54 Å². The molecule has 0 aliphatic carbocycles. The molecular formula is C17H22FN5S. The van der Waals surface area contributed by atoms with Crippen LogP contribution in [0.25, 0.3) is 0 Å². The van der Waals surface area contributed by atoms with E-state index in [0.717, 1.165) is 48.5 Å². The van der Waals surface area contributed by atoms with Crippen LogP contribution in [0.15, 0.2) is 34.6 Å². The van der Waals surface area contributed by atoms with Gasteiger partial charge in [-0.25, -0.2) is 9.37 Å². The van der Waals surface area contributed by atoms with Gasteiger partial charge in [0.2, 0.25) is 0 Å². The molecule has 5 nitrogen and oxygen atoms in total. The average molecular weight is 347 g/mol. The molecule has 2 heterocycles. The lowest BCUT2D eigenvalue weighted by molar-refractivity contribution is 0.372. The molecule has 1 N–H and O–H groups in total. The summed E-state index contributed by atoms with van der Waals surface area (Å²) < 4.78 is 13.0. The summed E-state index contributed by atoms with van der Waals surface area (Å²) in [5.41, 5.74) is 2.12. The van der Waals surface area contributed by atoms with Crippen molar-refractivity contribution in [2.45, 2.75) is 13.5 Å². The van der Waals surface area contributed by atoms with Gasteiger partial charge in [-0.3, -0.25) is 4.99 Å². The zero-order chi connectivity index (χ0) is 16.9. The number of anilines is 1. The maximum Gasteiger partial charge on any atom is 0.194 e. The monoisotopic (exact) mass is 347 g/mol. The number of benzene rings is 1. The van der Waals surface area contributed by atoms with E-state index in [4.69, 9.17) is 0 Å². The first-order chi connectivity index (χ1) is 11.7. The van der Waals surface area contributed by atoms with E-state index in [-0.39, 0.29) is 5.82 Å². The third kappa shape index (κ3) is 4.03. The highest BCUT2D eigenvalue weighted by Crippen LogP contribution is 2.17. The Kier molecular flexibility index (Phi) is 5.30. The van der Waals surface area contributed by atoms with E-state index in [9.17, 15) is 4.39 Å². The molecule has 1 aliphatic heterocycles. The molecule has 0 saturated carbocycles. The molecule has 0 amide bonds. The first-order valence-corrected chi connectivity index (χ1v) is 8.91. The lowest BCUT2D eigenvalue weighted by Crippen LogP contribution is -2.52. The fraction of sp³-hybridized carbons (Fsp3) is 0.412. The zero-order valence-corrected chi connectivity index (χ0v) is 14.8. The molecule has 24 heavy (non-hydrogen) atoms. The number of nitrogens with one attached hydrogen (secondary N) is 1. The predicted molar refractivity (Wildman–Crippen MR) is 97.2 cm³/mol. The number of aromatic nitrogens is 1. The Hall–Kier alpha value is -2.15. The molecule has 128 valence electrons.